The van der Waals surface area contributed by atoms with Crippen LogP contribution in [0.25, 0.3) is 22.5 Å². The standard InChI is InChI=1S/C30H29NO5/c1-20-26(15-18-35-27(32)19-21-5-3-2-4-6-21)28(36-31-20)24-9-7-22(8-10-24)23-11-13-25(14-12-23)30(16-17-30)29(33)34/h2-14,27,32H,15-19H2,1H3,(H,33,34). The molecule has 3 aromatic carbocycles. The van der Waals surface area contributed by atoms with E-state index in [-0.39, 0.29) is 0 Å². The van der Waals surface area contributed by atoms with Crippen molar-refractivity contribution < 1.29 is 24.3 Å². The number of ether oxygens (including phenoxy) is 1. The molecule has 0 aliphatic heterocycles. The summed E-state index contributed by atoms with van der Waals surface area (Å²) in [6.45, 7) is 2.26. The summed E-state index contributed by atoms with van der Waals surface area (Å²) in [7, 11) is 0. The fourth-order valence-corrected chi connectivity index (χ4v) is 4.63. The molecule has 4 aromatic rings. The molecule has 1 aliphatic rings. The summed E-state index contributed by atoms with van der Waals surface area (Å²) in [5, 5.41) is 23.9. The van der Waals surface area contributed by atoms with E-state index in [0.717, 1.165) is 39.1 Å². The number of nitrogens with zero attached hydrogens (tertiary/aromatic N) is 1. The Morgan fingerprint density at radius 2 is 1.58 bits per heavy atom. The molecule has 5 rings (SSSR count). The number of hydrogen-bond acceptors (Lipinski definition) is 5. The van der Waals surface area contributed by atoms with E-state index in [1.54, 1.807) is 0 Å². The molecular weight excluding hydrogens is 454 g/mol. The summed E-state index contributed by atoms with van der Waals surface area (Å²) in [5.74, 6) is -0.0402. The van der Waals surface area contributed by atoms with Gasteiger partial charge in [0.05, 0.1) is 17.7 Å². The van der Waals surface area contributed by atoms with Crippen molar-refractivity contribution in [1.29, 1.82) is 0 Å². The van der Waals surface area contributed by atoms with Gasteiger partial charge in [-0.05, 0) is 42.0 Å². The molecular formula is C30H29NO5. The number of aliphatic hydroxyl groups is 1. The molecule has 0 amide bonds. The van der Waals surface area contributed by atoms with Crippen molar-refractivity contribution in [2.75, 3.05) is 6.61 Å². The van der Waals surface area contributed by atoms with Gasteiger partial charge >= 0.3 is 5.97 Å². The molecule has 0 saturated heterocycles. The highest BCUT2D eigenvalue weighted by Crippen LogP contribution is 2.48. The molecule has 0 radical (unpaired) electrons. The Morgan fingerprint density at radius 1 is 0.972 bits per heavy atom. The van der Waals surface area contributed by atoms with Crippen LogP contribution >= 0.6 is 0 Å². The molecule has 1 saturated carbocycles. The summed E-state index contributed by atoms with van der Waals surface area (Å²) in [4.78, 5) is 11.6. The Balaban J connectivity index is 1.23. The summed E-state index contributed by atoms with van der Waals surface area (Å²) in [6, 6.07) is 25.6. The topological polar surface area (TPSA) is 92.8 Å². The van der Waals surface area contributed by atoms with Gasteiger partial charge < -0.3 is 19.5 Å². The maximum absolute atomic E-state index is 11.6. The molecule has 1 fully saturated rings. The Bertz CT molecular complexity index is 1320. The Morgan fingerprint density at radius 3 is 2.19 bits per heavy atom. The molecule has 6 heteroatoms. The number of aryl methyl sites for hydroxylation is 1. The minimum Gasteiger partial charge on any atom is -0.481 e. The van der Waals surface area contributed by atoms with E-state index >= 15 is 0 Å². The molecule has 6 nitrogen and oxygen atoms in total. The zero-order valence-corrected chi connectivity index (χ0v) is 20.2. The third-order valence-electron chi connectivity index (χ3n) is 6.98. The molecule has 1 atom stereocenters. The molecule has 1 heterocycles. The van der Waals surface area contributed by atoms with Crippen LogP contribution in [0, 0.1) is 6.92 Å². The SMILES string of the molecule is Cc1noc(-c2ccc(-c3ccc(C4(C(=O)O)CC4)cc3)cc2)c1CCOC(O)Cc1ccccc1. The molecule has 2 N–H and O–H groups in total. The maximum Gasteiger partial charge on any atom is 0.314 e. The zero-order chi connectivity index (χ0) is 25.1. The monoisotopic (exact) mass is 483 g/mol. The summed E-state index contributed by atoms with van der Waals surface area (Å²) in [6.07, 6.45) is 1.55. The number of benzene rings is 3. The van der Waals surface area contributed by atoms with Crippen molar-refractivity contribution in [3.8, 4) is 22.5 Å². The van der Waals surface area contributed by atoms with Gasteiger partial charge in [-0.1, -0.05) is 84.0 Å². The van der Waals surface area contributed by atoms with Gasteiger partial charge in [-0.2, -0.15) is 0 Å². The van der Waals surface area contributed by atoms with E-state index in [2.05, 4.69) is 5.16 Å². The first-order valence-corrected chi connectivity index (χ1v) is 12.2. The highest BCUT2D eigenvalue weighted by atomic mass is 16.6. The van der Waals surface area contributed by atoms with Crippen LogP contribution in [-0.4, -0.2) is 34.2 Å². The second-order valence-corrected chi connectivity index (χ2v) is 9.38. The fourth-order valence-electron chi connectivity index (χ4n) is 4.63. The minimum atomic E-state index is -0.869. The van der Waals surface area contributed by atoms with Crippen LogP contribution in [0.1, 0.15) is 35.2 Å². The van der Waals surface area contributed by atoms with E-state index in [0.29, 0.717) is 38.1 Å². The van der Waals surface area contributed by atoms with Crippen LogP contribution in [0.4, 0.5) is 0 Å². The van der Waals surface area contributed by atoms with Crippen molar-refractivity contribution in [1.82, 2.24) is 5.16 Å². The second kappa shape index (κ2) is 10.1. The first-order chi connectivity index (χ1) is 17.5. The summed E-state index contributed by atoms with van der Waals surface area (Å²) >= 11 is 0. The largest absolute Gasteiger partial charge is 0.481 e. The van der Waals surface area contributed by atoms with Crippen LogP contribution < -0.4 is 0 Å². The number of aliphatic hydroxyl groups excluding tert-OH is 1. The van der Waals surface area contributed by atoms with Gasteiger partial charge in [-0.15, -0.1) is 0 Å². The average Bonchev–Trinajstić information content (AvgIpc) is 3.64. The van der Waals surface area contributed by atoms with Crippen molar-refractivity contribution in [2.45, 2.75) is 44.3 Å². The number of rotatable bonds is 10. The van der Waals surface area contributed by atoms with E-state index in [1.165, 1.54) is 0 Å². The van der Waals surface area contributed by atoms with Crippen molar-refractivity contribution >= 4 is 5.97 Å². The molecule has 0 spiro atoms. The summed E-state index contributed by atoms with van der Waals surface area (Å²) in [5.41, 5.74) is 5.95. The highest BCUT2D eigenvalue weighted by Gasteiger charge is 2.51. The fraction of sp³-hybridized carbons (Fsp3) is 0.267. The normalized spacial score (nSPS) is 14.9. The number of aromatic nitrogens is 1. The number of carboxylic acid groups (broad SMARTS) is 1. The van der Waals surface area contributed by atoms with Gasteiger partial charge in [0, 0.05) is 24.0 Å². The Labute approximate surface area is 210 Å². The van der Waals surface area contributed by atoms with Gasteiger partial charge in [0.15, 0.2) is 12.1 Å². The molecule has 36 heavy (non-hydrogen) atoms. The van der Waals surface area contributed by atoms with E-state index in [1.807, 2.05) is 85.8 Å². The van der Waals surface area contributed by atoms with Gasteiger partial charge in [0.1, 0.15) is 0 Å². The lowest BCUT2D eigenvalue weighted by Gasteiger charge is -2.12. The number of aliphatic carboxylic acids is 1. The van der Waals surface area contributed by atoms with E-state index in [9.17, 15) is 15.0 Å². The average molecular weight is 484 g/mol. The van der Waals surface area contributed by atoms with Crippen molar-refractivity contribution in [2.24, 2.45) is 0 Å². The van der Waals surface area contributed by atoms with Gasteiger partial charge in [0.2, 0.25) is 0 Å². The van der Waals surface area contributed by atoms with E-state index in [4.69, 9.17) is 9.26 Å². The predicted octanol–water partition coefficient (Wildman–Crippen LogP) is 5.55. The lowest BCUT2D eigenvalue weighted by Crippen LogP contribution is -2.19. The quantitative estimate of drug-likeness (QED) is 0.287. The Kier molecular flexibility index (Phi) is 6.72. The van der Waals surface area contributed by atoms with Gasteiger partial charge in [-0.25, -0.2) is 0 Å². The number of hydrogen-bond donors (Lipinski definition) is 2. The smallest absolute Gasteiger partial charge is 0.314 e. The third-order valence-corrected chi connectivity index (χ3v) is 6.98. The Hall–Kier alpha value is -3.74. The first kappa shape index (κ1) is 24.0. The van der Waals surface area contributed by atoms with E-state index < -0.39 is 17.7 Å². The van der Waals surface area contributed by atoms with Crippen LogP contribution in [0.15, 0.2) is 83.4 Å². The van der Waals surface area contributed by atoms with Crippen molar-refractivity contribution in [3.63, 3.8) is 0 Å². The van der Waals surface area contributed by atoms with Crippen LogP contribution in [0.2, 0.25) is 0 Å². The van der Waals surface area contributed by atoms with Crippen LogP contribution in [-0.2, 0) is 27.8 Å². The molecule has 1 unspecified atom stereocenters. The van der Waals surface area contributed by atoms with Crippen molar-refractivity contribution in [3.05, 3.63) is 101 Å². The summed E-state index contributed by atoms with van der Waals surface area (Å²) < 4.78 is 11.3. The third kappa shape index (κ3) is 4.96. The lowest BCUT2D eigenvalue weighted by atomic mass is 9.93. The zero-order valence-electron chi connectivity index (χ0n) is 20.2. The number of carbonyl (C=O) groups is 1. The molecule has 0 bridgehead atoms. The molecule has 1 aromatic heterocycles. The molecule has 1 aliphatic carbocycles. The molecule has 184 valence electrons. The van der Waals surface area contributed by atoms with Crippen LogP contribution in [0.3, 0.4) is 0 Å². The van der Waals surface area contributed by atoms with Crippen LogP contribution in [0.5, 0.6) is 0 Å². The lowest BCUT2D eigenvalue weighted by molar-refractivity contribution is -0.140. The van der Waals surface area contributed by atoms with Gasteiger partial charge in [0.25, 0.3) is 0 Å². The second-order valence-electron chi connectivity index (χ2n) is 9.38. The number of carboxylic acids is 1. The van der Waals surface area contributed by atoms with Gasteiger partial charge in [-0.3, -0.25) is 4.79 Å². The maximum atomic E-state index is 11.6. The predicted molar refractivity (Wildman–Crippen MR) is 136 cm³/mol. The highest BCUT2D eigenvalue weighted by molar-refractivity contribution is 5.85. The first-order valence-electron chi connectivity index (χ1n) is 12.2. The minimum absolute atomic E-state index is 0.352.